The van der Waals surface area contributed by atoms with E-state index >= 15 is 0 Å². The van der Waals surface area contributed by atoms with Crippen molar-refractivity contribution in [3.63, 3.8) is 0 Å². The molecule has 2 rings (SSSR count). The van der Waals surface area contributed by atoms with Gasteiger partial charge in [-0.25, -0.2) is 4.79 Å². The van der Waals surface area contributed by atoms with Gasteiger partial charge in [-0.1, -0.05) is 18.5 Å². The maximum absolute atomic E-state index is 12.6. The van der Waals surface area contributed by atoms with Crippen molar-refractivity contribution in [3.8, 4) is 0 Å². The smallest absolute Gasteiger partial charge is 0.326 e. The van der Waals surface area contributed by atoms with Gasteiger partial charge in [0.15, 0.2) is 0 Å². The third-order valence-corrected chi connectivity index (χ3v) is 4.08. The fourth-order valence-electron chi connectivity index (χ4n) is 2.85. The monoisotopic (exact) mass is 298 g/mol. The SMILES string of the molecule is CCn1cc(Cl)cc1C(=O)N1CCCC(C)C1C(=O)O. The second kappa shape index (κ2) is 5.87. The second-order valence-electron chi connectivity index (χ2n) is 5.23. The zero-order chi connectivity index (χ0) is 14.9. The number of rotatable bonds is 3. The van der Waals surface area contributed by atoms with Crippen LogP contribution < -0.4 is 0 Å². The number of aliphatic carboxylic acids is 1. The Morgan fingerprint density at radius 3 is 2.80 bits per heavy atom. The molecule has 5 nitrogen and oxygen atoms in total. The van der Waals surface area contributed by atoms with Gasteiger partial charge in [0.2, 0.25) is 0 Å². The van der Waals surface area contributed by atoms with Gasteiger partial charge in [-0.05, 0) is 31.7 Å². The number of carbonyl (C=O) groups excluding carboxylic acids is 1. The first-order valence-electron chi connectivity index (χ1n) is 6.85. The molecule has 0 aromatic carbocycles. The number of aryl methyl sites for hydroxylation is 1. The number of hydrogen-bond donors (Lipinski definition) is 1. The van der Waals surface area contributed by atoms with Crippen LogP contribution in [0.5, 0.6) is 0 Å². The summed E-state index contributed by atoms with van der Waals surface area (Å²) in [5, 5.41) is 9.87. The van der Waals surface area contributed by atoms with Gasteiger partial charge in [-0.3, -0.25) is 4.79 Å². The van der Waals surface area contributed by atoms with Crippen LogP contribution >= 0.6 is 11.6 Å². The lowest BCUT2D eigenvalue weighted by atomic mass is 9.90. The van der Waals surface area contributed by atoms with E-state index in [0.717, 1.165) is 12.8 Å². The van der Waals surface area contributed by atoms with Gasteiger partial charge in [0.25, 0.3) is 5.91 Å². The molecule has 0 saturated carbocycles. The van der Waals surface area contributed by atoms with Crippen molar-refractivity contribution in [2.45, 2.75) is 39.3 Å². The Morgan fingerprint density at radius 2 is 2.20 bits per heavy atom. The van der Waals surface area contributed by atoms with E-state index in [1.54, 1.807) is 16.8 Å². The van der Waals surface area contributed by atoms with Crippen LogP contribution in [0.4, 0.5) is 0 Å². The minimum atomic E-state index is -0.939. The highest BCUT2D eigenvalue weighted by Crippen LogP contribution is 2.26. The van der Waals surface area contributed by atoms with Gasteiger partial charge in [0.1, 0.15) is 11.7 Å². The molecule has 1 saturated heterocycles. The largest absolute Gasteiger partial charge is 0.480 e. The van der Waals surface area contributed by atoms with E-state index in [2.05, 4.69) is 0 Å². The molecule has 1 aliphatic heterocycles. The highest BCUT2D eigenvalue weighted by Gasteiger charge is 2.38. The fourth-order valence-corrected chi connectivity index (χ4v) is 3.08. The Kier molecular flexibility index (Phi) is 4.38. The van der Waals surface area contributed by atoms with E-state index in [-0.39, 0.29) is 11.8 Å². The number of amides is 1. The van der Waals surface area contributed by atoms with Crippen molar-refractivity contribution < 1.29 is 14.7 Å². The van der Waals surface area contributed by atoms with Gasteiger partial charge >= 0.3 is 5.97 Å². The summed E-state index contributed by atoms with van der Waals surface area (Å²) in [5.41, 5.74) is 0.456. The number of piperidine rings is 1. The lowest BCUT2D eigenvalue weighted by Crippen LogP contribution is -2.52. The molecule has 20 heavy (non-hydrogen) atoms. The van der Waals surface area contributed by atoms with E-state index in [1.807, 2.05) is 13.8 Å². The first-order chi connectivity index (χ1) is 9.45. The molecule has 1 N–H and O–H groups in total. The number of carboxylic acid groups (broad SMARTS) is 1. The number of halogens is 1. The standard InChI is InChI=1S/C14H19ClN2O3/c1-3-16-8-10(15)7-11(16)13(18)17-6-4-5-9(2)12(17)14(19)20/h7-9,12H,3-6H2,1-2H3,(H,19,20). The summed E-state index contributed by atoms with van der Waals surface area (Å²) in [7, 11) is 0. The molecule has 1 amide bonds. The number of carboxylic acids is 1. The van der Waals surface area contributed by atoms with Crippen LogP contribution in [-0.2, 0) is 11.3 Å². The molecule has 110 valence electrons. The highest BCUT2D eigenvalue weighted by molar-refractivity contribution is 6.31. The molecule has 1 fully saturated rings. The summed E-state index contributed by atoms with van der Waals surface area (Å²) < 4.78 is 1.75. The summed E-state index contributed by atoms with van der Waals surface area (Å²) in [6.07, 6.45) is 3.35. The Bertz CT molecular complexity index is 526. The van der Waals surface area contributed by atoms with E-state index in [1.165, 1.54) is 4.90 Å². The molecule has 1 aliphatic rings. The van der Waals surface area contributed by atoms with E-state index in [9.17, 15) is 14.7 Å². The van der Waals surface area contributed by atoms with Crippen molar-refractivity contribution >= 4 is 23.5 Å². The highest BCUT2D eigenvalue weighted by atomic mass is 35.5. The van der Waals surface area contributed by atoms with Crippen molar-refractivity contribution in [2.24, 2.45) is 5.92 Å². The van der Waals surface area contributed by atoms with Crippen molar-refractivity contribution in [1.29, 1.82) is 0 Å². The van der Waals surface area contributed by atoms with Crippen LogP contribution in [0.15, 0.2) is 12.3 Å². The van der Waals surface area contributed by atoms with E-state index < -0.39 is 12.0 Å². The second-order valence-corrected chi connectivity index (χ2v) is 5.67. The van der Waals surface area contributed by atoms with Crippen LogP contribution in [-0.4, -0.2) is 39.0 Å². The maximum atomic E-state index is 12.6. The lowest BCUT2D eigenvalue weighted by molar-refractivity contribution is -0.145. The molecule has 0 aliphatic carbocycles. The number of aromatic nitrogens is 1. The lowest BCUT2D eigenvalue weighted by Gasteiger charge is -2.37. The number of likely N-dealkylation sites (tertiary alicyclic amines) is 1. The molecule has 2 heterocycles. The van der Waals surface area contributed by atoms with Crippen molar-refractivity contribution in [1.82, 2.24) is 9.47 Å². The van der Waals surface area contributed by atoms with Crippen LogP contribution in [0.3, 0.4) is 0 Å². The first-order valence-corrected chi connectivity index (χ1v) is 7.23. The summed E-state index contributed by atoms with van der Waals surface area (Å²) in [6, 6.07) is 0.848. The minimum absolute atomic E-state index is 0.0364. The van der Waals surface area contributed by atoms with Crippen molar-refractivity contribution in [2.75, 3.05) is 6.54 Å². The van der Waals surface area contributed by atoms with Gasteiger partial charge in [-0.15, -0.1) is 0 Å². The first kappa shape index (κ1) is 14.9. The fraction of sp³-hybridized carbons (Fsp3) is 0.571. The summed E-state index contributed by atoms with van der Waals surface area (Å²) in [5.74, 6) is -1.23. The van der Waals surface area contributed by atoms with Crippen LogP contribution in [0.25, 0.3) is 0 Å². The minimum Gasteiger partial charge on any atom is -0.480 e. The topological polar surface area (TPSA) is 62.5 Å². The molecule has 0 bridgehead atoms. The van der Waals surface area contributed by atoms with Gasteiger partial charge in [0, 0.05) is 19.3 Å². The van der Waals surface area contributed by atoms with Crippen LogP contribution in [0, 0.1) is 5.92 Å². The number of carbonyl (C=O) groups is 2. The quantitative estimate of drug-likeness (QED) is 0.932. The van der Waals surface area contributed by atoms with E-state index in [4.69, 9.17) is 11.6 Å². The van der Waals surface area contributed by atoms with Crippen LogP contribution in [0.1, 0.15) is 37.2 Å². The average molecular weight is 299 g/mol. The molecular weight excluding hydrogens is 280 g/mol. The molecule has 1 aromatic rings. The molecule has 6 heteroatoms. The normalized spacial score (nSPS) is 22.9. The molecule has 2 unspecified atom stereocenters. The van der Waals surface area contributed by atoms with Gasteiger partial charge in [-0.2, -0.15) is 0 Å². The van der Waals surface area contributed by atoms with E-state index in [0.29, 0.717) is 23.8 Å². The molecule has 0 radical (unpaired) electrons. The number of hydrogen-bond acceptors (Lipinski definition) is 2. The molecule has 0 spiro atoms. The molecule has 1 aromatic heterocycles. The predicted octanol–water partition coefficient (Wildman–Crippen LogP) is 2.49. The number of nitrogens with zero attached hydrogens (tertiary/aromatic N) is 2. The van der Waals surface area contributed by atoms with Gasteiger partial charge < -0.3 is 14.6 Å². The Balaban J connectivity index is 2.32. The Hall–Kier alpha value is -1.49. The van der Waals surface area contributed by atoms with Crippen LogP contribution in [0.2, 0.25) is 5.02 Å². The zero-order valence-corrected chi connectivity index (χ0v) is 12.4. The summed E-state index contributed by atoms with van der Waals surface area (Å²) in [6.45, 7) is 4.90. The maximum Gasteiger partial charge on any atom is 0.326 e. The zero-order valence-electron chi connectivity index (χ0n) is 11.7. The van der Waals surface area contributed by atoms with Crippen molar-refractivity contribution in [3.05, 3.63) is 23.0 Å². The average Bonchev–Trinajstić information content (AvgIpc) is 2.78. The summed E-state index contributed by atoms with van der Waals surface area (Å²) >= 11 is 5.95. The third-order valence-electron chi connectivity index (χ3n) is 3.87. The predicted molar refractivity (Wildman–Crippen MR) is 76.0 cm³/mol. The summed E-state index contributed by atoms with van der Waals surface area (Å²) in [4.78, 5) is 25.5. The van der Waals surface area contributed by atoms with Gasteiger partial charge in [0.05, 0.1) is 5.02 Å². The Morgan fingerprint density at radius 1 is 1.50 bits per heavy atom. The molecule has 2 atom stereocenters. The Labute approximate surface area is 123 Å². The third kappa shape index (κ3) is 2.68. The molecular formula is C14H19ClN2O3.